The van der Waals surface area contributed by atoms with Crippen molar-refractivity contribution in [3.63, 3.8) is 0 Å². The van der Waals surface area contributed by atoms with Crippen LogP contribution in [0, 0.1) is 11.3 Å². The lowest BCUT2D eigenvalue weighted by atomic mass is 9.86. The predicted octanol–water partition coefficient (Wildman–Crippen LogP) is 4.23. The van der Waals surface area contributed by atoms with E-state index in [-0.39, 0.29) is 16.6 Å². The van der Waals surface area contributed by atoms with Gasteiger partial charge < -0.3 is 10.4 Å². The predicted molar refractivity (Wildman–Crippen MR) is 101 cm³/mol. The molecular weight excluding hydrogens is 328 g/mol. The Morgan fingerprint density at radius 1 is 1.12 bits per heavy atom. The second-order valence-electron chi connectivity index (χ2n) is 6.88. The Morgan fingerprint density at radius 2 is 1.77 bits per heavy atom. The molecule has 0 saturated carbocycles. The molecule has 0 aliphatic carbocycles. The first-order valence-corrected chi connectivity index (χ1v) is 8.08. The zero-order valence-corrected chi connectivity index (χ0v) is 14.9. The fourth-order valence-electron chi connectivity index (χ4n) is 2.32. The number of hydrogen-bond donors (Lipinski definition) is 2. The van der Waals surface area contributed by atoms with Crippen LogP contribution in [0.1, 0.15) is 42.3 Å². The SMILES string of the molecule is CC(C)(C)c1ccc(C=C(C#N)C(=O)Nc2cccc(C(=O)O)c2)cc1. The summed E-state index contributed by atoms with van der Waals surface area (Å²) in [7, 11) is 0. The molecule has 0 bridgehead atoms. The highest BCUT2D eigenvalue weighted by molar-refractivity contribution is 6.10. The molecule has 2 N–H and O–H groups in total. The van der Waals surface area contributed by atoms with Crippen molar-refractivity contribution >= 4 is 23.6 Å². The Bertz CT molecular complexity index is 898. The molecule has 0 spiro atoms. The highest BCUT2D eigenvalue weighted by Gasteiger charge is 2.14. The molecule has 0 aromatic heterocycles. The minimum Gasteiger partial charge on any atom is -0.478 e. The molecule has 0 aliphatic rings. The van der Waals surface area contributed by atoms with Gasteiger partial charge in [0.15, 0.2) is 0 Å². The van der Waals surface area contributed by atoms with Gasteiger partial charge in [-0.2, -0.15) is 5.26 Å². The van der Waals surface area contributed by atoms with E-state index in [1.165, 1.54) is 24.3 Å². The fraction of sp³-hybridized carbons (Fsp3) is 0.190. The average Bonchev–Trinajstić information content (AvgIpc) is 2.59. The summed E-state index contributed by atoms with van der Waals surface area (Å²) in [6.07, 6.45) is 1.50. The summed E-state index contributed by atoms with van der Waals surface area (Å²) < 4.78 is 0. The van der Waals surface area contributed by atoms with E-state index in [1.807, 2.05) is 30.3 Å². The summed E-state index contributed by atoms with van der Waals surface area (Å²) >= 11 is 0. The van der Waals surface area contributed by atoms with Crippen LogP contribution in [0.3, 0.4) is 0 Å². The van der Waals surface area contributed by atoms with Crippen LogP contribution in [0.5, 0.6) is 0 Å². The normalized spacial score (nSPS) is 11.5. The van der Waals surface area contributed by atoms with E-state index in [9.17, 15) is 14.9 Å². The molecule has 0 fully saturated rings. The largest absolute Gasteiger partial charge is 0.478 e. The monoisotopic (exact) mass is 348 g/mol. The topological polar surface area (TPSA) is 90.2 Å². The van der Waals surface area contributed by atoms with Gasteiger partial charge in [-0.15, -0.1) is 0 Å². The number of anilines is 1. The Morgan fingerprint density at radius 3 is 2.31 bits per heavy atom. The Hall–Kier alpha value is -3.39. The molecule has 0 unspecified atom stereocenters. The molecule has 0 radical (unpaired) electrons. The van der Waals surface area contributed by atoms with Crippen LogP contribution in [0.2, 0.25) is 0 Å². The van der Waals surface area contributed by atoms with Crippen LogP contribution in [0.15, 0.2) is 54.1 Å². The highest BCUT2D eigenvalue weighted by Crippen LogP contribution is 2.23. The summed E-state index contributed by atoms with van der Waals surface area (Å²) in [5, 5.41) is 20.8. The quantitative estimate of drug-likeness (QED) is 0.639. The summed E-state index contributed by atoms with van der Waals surface area (Å²) in [5.74, 6) is -1.67. The van der Waals surface area contributed by atoms with Gasteiger partial charge in [-0.05, 0) is 40.8 Å². The number of rotatable bonds is 4. The van der Waals surface area contributed by atoms with E-state index >= 15 is 0 Å². The minimum absolute atomic E-state index is 0.0207. The van der Waals surface area contributed by atoms with Crippen molar-refractivity contribution in [3.8, 4) is 6.07 Å². The number of nitrogens with zero attached hydrogens (tertiary/aromatic N) is 1. The van der Waals surface area contributed by atoms with E-state index in [0.717, 1.165) is 11.1 Å². The van der Waals surface area contributed by atoms with Crippen LogP contribution in [0.25, 0.3) is 6.08 Å². The van der Waals surface area contributed by atoms with Crippen LogP contribution in [-0.2, 0) is 10.2 Å². The van der Waals surface area contributed by atoms with Gasteiger partial charge in [-0.1, -0.05) is 51.1 Å². The number of carbonyl (C=O) groups excluding carboxylic acids is 1. The number of nitrogens with one attached hydrogen (secondary N) is 1. The Kier molecular flexibility index (Phi) is 5.58. The zero-order chi connectivity index (χ0) is 19.3. The summed E-state index contributed by atoms with van der Waals surface area (Å²) in [6, 6.07) is 15.4. The lowest BCUT2D eigenvalue weighted by Crippen LogP contribution is -2.14. The molecule has 1 amide bonds. The summed E-state index contributed by atoms with van der Waals surface area (Å²) in [6.45, 7) is 6.33. The minimum atomic E-state index is -1.09. The zero-order valence-electron chi connectivity index (χ0n) is 14.9. The molecule has 132 valence electrons. The van der Waals surface area contributed by atoms with Crippen molar-refractivity contribution < 1.29 is 14.7 Å². The first kappa shape index (κ1) is 18.9. The van der Waals surface area contributed by atoms with E-state index in [2.05, 4.69) is 26.1 Å². The number of carboxylic acid groups (broad SMARTS) is 1. The second kappa shape index (κ2) is 7.66. The Balaban J connectivity index is 2.21. The van der Waals surface area contributed by atoms with E-state index in [1.54, 1.807) is 6.07 Å². The maximum atomic E-state index is 12.3. The van der Waals surface area contributed by atoms with Crippen LogP contribution < -0.4 is 5.32 Å². The van der Waals surface area contributed by atoms with Crippen molar-refractivity contribution in [2.75, 3.05) is 5.32 Å². The van der Waals surface area contributed by atoms with Gasteiger partial charge in [0.2, 0.25) is 0 Å². The van der Waals surface area contributed by atoms with Crippen LogP contribution in [0.4, 0.5) is 5.69 Å². The molecule has 0 atom stereocenters. The molecule has 0 aliphatic heterocycles. The number of benzene rings is 2. The number of aromatic carboxylic acids is 1. The molecule has 0 saturated heterocycles. The van der Waals surface area contributed by atoms with Crippen LogP contribution in [-0.4, -0.2) is 17.0 Å². The third-order valence-electron chi connectivity index (χ3n) is 3.82. The lowest BCUT2D eigenvalue weighted by Gasteiger charge is -2.18. The lowest BCUT2D eigenvalue weighted by molar-refractivity contribution is -0.112. The summed E-state index contributed by atoms with van der Waals surface area (Å²) in [5.41, 5.74) is 2.23. The number of hydrogen-bond acceptors (Lipinski definition) is 3. The molecular formula is C21H20N2O3. The van der Waals surface area contributed by atoms with Gasteiger partial charge in [0, 0.05) is 5.69 Å². The van der Waals surface area contributed by atoms with Crippen molar-refractivity contribution in [2.24, 2.45) is 0 Å². The highest BCUT2D eigenvalue weighted by atomic mass is 16.4. The standard InChI is InChI=1S/C21H20N2O3/c1-21(2,3)17-9-7-14(8-10-17)11-16(13-22)19(24)23-18-6-4-5-15(12-18)20(25)26/h4-12H,1-3H3,(H,23,24)(H,25,26). The molecule has 2 rings (SSSR count). The maximum Gasteiger partial charge on any atom is 0.335 e. The van der Waals surface area contributed by atoms with Gasteiger partial charge in [-0.3, -0.25) is 4.79 Å². The molecule has 5 heteroatoms. The average molecular weight is 348 g/mol. The van der Waals surface area contributed by atoms with Gasteiger partial charge >= 0.3 is 5.97 Å². The molecule has 2 aromatic carbocycles. The van der Waals surface area contributed by atoms with Gasteiger partial charge in [0.1, 0.15) is 11.6 Å². The van der Waals surface area contributed by atoms with Gasteiger partial charge in [0.05, 0.1) is 5.56 Å². The van der Waals surface area contributed by atoms with Crippen LogP contribution >= 0.6 is 0 Å². The van der Waals surface area contributed by atoms with Gasteiger partial charge in [0.25, 0.3) is 5.91 Å². The van der Waals surface area contributed by atoms with Crippen molar-refractivity contribution in [2.45, 2.75) is 26.2 Å². The van der Waals surface area contributed by atoms with Crippen molar-refractivity contribution in [3.05, 3.63) is 70.8 Å². The Labute approximate surface area is 152 Å². The molecule has 5 nitrogen and oxygen atoms in total. The summed E-state index contributed by atoms with van der Waals surface area (Å²) in [4.78, 5) is 23.3. The first-order chi connectivity index (χ1) is 12.2. The first-order valence-electron chi connectivity index (χ1n) is 8.08. The van der Waals surface area contributed by atoms with Crippen molar-refractivity contribution in [1.29, 1.82) is 5.26 Å². The van der Waals surface area contributed by atoms with Crippen molar-refractivity contribution in [1.82, 2.24) is 0 Å². The van der Waals surface area contributed by atoms with E-state index in [0.29, 0.717) is 5.69 Å². The smallest absolute Gasteiger partial charge is 0.335 e. The molecule has 26 heavy (non-hydrogen) atoms. The molecule has 0 heterocycles. The third-order valence-corrected chi connectivity index (χ3v) is 3.82. The second-order valence-corrected chi connectivity index (χ2v) is 6.88. The third kappa shape index (κ3) is 4.81. The number of amides is 1. The van der Waals surface area contributed by atoms with Gasteiger partial charge in [-0.25, -0.2) is 4.79 Å². The number of carbonyl (C=O) groups is 2. The fourth-order valence-corrected chi connectivity index (χ4v) is 2.32. The van der Waals surface area contributed by atoms with E-state index < -0.39 is 11.9 Å². The van der Waals surface area contributed by atoms with E-state index in [4.69, 9.17) is 5.11 Å². The molecule has 2 aromatic rings. The number of nitriles is 1. The number of carboxylic acids is 1. The maximum absolute atomic E-state index is 12.3.